The second kappa shape index (κ2) is 6.78. The van der Waals surface area contributed by atoms with Gasteiger partial charge < -0.3 is 24.8 Å². The maximum Gasteiger partial charge on any atom is 0.315 e. The first kappa shape index (κ1) is 16.6. The standard InChI is InChI=1S/C20H22N2O4/c1-24-16-5-2-14(3-6-16)13-21-19(23)22-20(8-9-20)15-4-7-17-18(12-15)26-11-10-25-17/h2-7,12H,8-11,13H2,1H3,(H2,21,22,23). The molecule has 0 aromatic heterocycles. The van der Waals surface area contributed by atoms with E-state index in [2.05, 4.69) is 10.6 Å². The summed E-state index contributed by atoms with van der Waals surface area (Å²) in [7, 11) is 1.63. The SMILES string of the molecule is COc1ccc(CNC(=O)NC2(c3ccc4c(c3)OCCO4)CC2)cc1. The van der Waals surface area contributed by atoms with Gasteiger partial charge in [0.2, 0.25) is 0 Å². The zero-order valence-corrected chi connectivity index (χ0v) is 14.7. The fourth-order valence-electron chi connectivity index (χ4n) is 3.14. The van der Waals surface area contributed by atoms with Crippen molar-refractivity contribution in [3.05, 3.63) is 53.6 Å². The minimum atomic E-state index is -0.306. The lowest BCUT2D eigenvalue weighted by Crippen LogP contribution is -2.42. The van der Waals surface area contributed by atoms with Crippen molar-refractivity contribution >= 4 is 6.03 Å². The topological polar surface area (TPSA) is 68.8 Å². The molecule has 2 aliphatic rings. The van der Waals surface area contributed by atoms with E-state index in [1.54, 1.807) is 7.11 Å². The van der Waals surface area contributed by atoms with Crippen molar-refractivity contribution in [3.63, 3.8) is 0 Å². The Hall–Kier alpha value is -2.89. The monoisotopic (exact) mass is 354 g/mol. The van der Waals surface area contributed by atoms with Gasteiger partial charge in [-0.3, -0.25) is 0 Å². The van der Waals surface area contributed by atoms with Crippen LogP contribution in [0.2, 0.25) is 0 Å². The Morgan fingerprint density at radius 2 is 1.81 bits per heavy atom. The molecular weight excluding hydrogens is 332 g/mol. The normalized spacial score (nSPS) is 16.5. The molecule has 0 spiro atoms. The lowest BCUT2D eigenvalue weighted by atomic mass is 10.0. The third-order valence-corrected chi connectivity index (χ3v) is 4.81. The van der Waals surface area contributed by atoms with Gasteiger partial charge in [-0.1, -0.05) is 18.2 Å². The van der Waals surface area contributed by atoms with E-state index in [0.717, 1.165) is 41.2 Å². The maximum absolute atomic E-state index is 12.4. The van der Waals surface area contributed by atoms with Crippen LogP contribution in [0.1, 0.15) is 24.0 Å². The molecule has 0 unspecified atom stereocenters. The third-order valence-electron chi connectivity index (χ3n) is 4.81. The molecule has 2 N–H and O–H groups in total. The number of carbonyl (C=O) groups excluding carboxylic acids is 1. The number of fused-ring (bicyclic) bond motifs is 1. The van der Waals surface area contributed by atoms with Gasteiger partial charge in [0.05, 0.1) is 12.6 Å². The molecule has 4 rings (SSSR count). The molecule has 0 atom stereocenters. The number of benzene rings is 2. The van der Waals surface area contributed by atoms with Crippen LogP contribution in [0.3, 0.4) is 0 Å². The average Bonchev–Trinajstić information content (AvgIpc) is 3.47. The van der Waals surface area contributed by atoms with E-state index in [-0.39, 0.29) is 11.6 Å². The number of ether oxygens (including phenoxy) is 3. The van der Waals surface area contributed by atoms with Crippen LogP contribution in [0.4, 0.5) is 4.79 Å². The highest BCUT2D eigenvalue weighted by Crippen LogP contribution is 2.47. The quantitative estimate of drug-likeness (QED) is 0.866. The predicted molar refractivity (Wildman–Crippen MR) is 96.7 cm³/mol. The Balaban J connectivity index is 1.37. The molecular formula is C20H22N2O4. The first-order valence-electron chi connectivity index (χ1n) is 8.78. The van der Waals surface area contributed by atoms with E-state index in [4.69, 9.17) is 14.2 Å². The van der Waals surface area contributed by atoms with Crippen molar-refractivity contribution in [1.82, 2.24) is 10.6 Å². The first-order valence-corrected chi connectivity index (χ1v) is 8.78. The summed E-state index contributed by atoms with van der Waals surface area (Å²) in [6, 6.07) is 13.4. The lowest BCUT2D eigenvalue weighted by molar-refractivity contribution is 0.171. The zero-order chi connectivity index (χ0) is 18.0. The summed E-state index contributed by atoms with van der Waals surface area (Å²) in [5, 5.41) is 6.03. The minimum absolute atomic E-state index is 0.173. The fraction of sp³-hybridized carbons (Fsp3) is 0.350. The molecule has 2 aromatic carbocycles. The Morgan fingerprint density at radius 3 is 2.50 bits per heavy atom. The lowest BCUT2D eigenvalue weighted by Gasteiger charge is -2.23. The summed E-state index contributed by atoms with van der Waals surface area (Å²) in [4.78, 5) is 12.4. The number of amides is 2. The Labute approximate surface area is 152 Å². The molecule has 1 fully saturated rings. The Kier molecular flexibility index (Phi) is 4.32. The Morgan fingerprint density at radius 1 is 1.08 bits per heavy atom. The van der Waals surface area contributed by atoms with E-state index >= 15 is 0 Å². The molecule has 1 heterocycles. The van der Waals surface area contributed by atoms with Crippen molar-refractivity contribution in [2.24, 2.45) is 0 Å². The van der Waals surface area contributed by atoms with Crippen LogP contribution in [0, 0.1) is 0 Å². The molecule has 1 aliphatic heterocycles. The van der Waals surface area contributed by atoms with Crippen LogP contribution in [-0.2, 0) is 12.1 Å². The molecule has 6 nitrogen and oxygen atoms in total. The highest BCUT2D eigenvalue weighted by Gasteiger charge is 2.46. The summed E-state index contributed by atoms with van der Waals surface area (Å²) in [6.07, 6.45) is 1.84. The molecule has 1 aliphatic carbocycles. The second-order valence-corrected chi connectivity index (χ2v) is 6.60. The summed E-state index contributed by atoms with van der Waals surface area (Å²) in [6.45, 7) is 1.59. The number of methoxy groups -OCH3 is 1. The predicted octanol–water partition coefficient (Wildman–Crippen LogP) is 2.95. The fourth-order valence-corrected chi connectivity index (χ4v) is 3.14. The van der Waals surface area contributed by atoms with Crippen molar-refractivity contribution in [3.8, 4) is 17.2 Å². The largest absolute Gasteiger partial charge is 0.497 e. The minimum Gasteiger partial charge on any atom is -0.497 e. The molecule has 2 amide bonds. The highest BCUT2D eigenvalue weighted by atomic mass is 16.6. The number of nitrogens with one attached hydrogen (secondary N) is 2. The van der Waals surface area contributed by atoms with Crippen LogP contribution in [-0.4, -0.2) is 26.4 Å². The summed E-state index contributed by atoms with van der Waals surface area (Å²) < 4.78 is 16.4. The molecule has 26 heavy (non-hydrogen) atoms. The van der Waals surface area contributed by atoms with Gasteiger partial charge in [-0.2, -0.15) is 0 Å². The van der Waals surface area contributed by atoms with Crippen LogP contribution in [0.15, 0.2) is 42.5 Å². The van der Waals surface area contributed by atoms with E-state index < -0.39 is 0 Å². The van der Waals surface area contributed by atoms with Crippen LogP contribution < -0.4 is 24.8 Å². The van der Waals surface area contributed by atoms with Gasteiger partial charge in [0.1, 0.15) is 19.0 Å². The van der Waals surface area contributed by atoms with Gasteiger partial charge in [0.25, 0.3) is 0 Å². The highest BCUT2D eigenvalue weighted by molar-refractivity contribution is 5.75. The van der Waals surface area contributed by atoms with Crippen molar-refractivity contribution in [2.75, 3.05) is 20.3 Å². The number of urea groups is 1. The van der Waals surface area contributed by atoms with Gasteiger partial charge in [0, 0.05) is 6.54 Å². The second-order valence-electron chi connectivity index (χ2n) is 6.60. The van der Waals surface area contributed by atoms with Crippen LogP contribution >= 0.6 is 0 Å². The number of hydrogen-bond donors (Lipinski definition) is 2. The first-order chi connectivity index (χ1) is 12.7. The van der Waals surface area contributed by atoms with Gasteiger partial charge >= 0.3 is 6.03 Å². The number of rotatable bonds is 5. The zero-order valence-electron chi connectivity index (χ0n) is 14.7. The smallest absolute Gasteiger partial charge is 0.315 e. The Bertz CT molecular complexity index is 800. The number of carbonyl (C=O) groups is 1. The van der Waals surface area contributed by atoms with Gasteiger partial charge in [-0.25, -0.2) is 4.79 Å². The number of hydrogen-bond acceptors (Lipinski definition) is 4. The van der Waals surface area contributed by atoms with Crippen molar-refractivity contribution < 1.29 is 19.0 Å². The van der Waals surface area contributed by atoms with E-state index in [1.807, 2.05) is 42.5 Å². The maximum atomic E-state index is 12.4. The molecule has 2 aromatic rings. The van der Waals surface area contributed by atoms with Crippen molar-refractivity contribution in [1.29, 1.82) is 0 Å². The molecule has 0 radical (unpaired) electrons. The molecule has 0 saturated heterocycles. The van der Waals surface area contributed by atoms with Crippen LogP contribution in [0.5, 0.6) is 17.2 Å². The summed E-state index contributed by atoms with van der Waals surface area (Å²) >= 11 is 0. The van der Waals surface area contributed by atoms with Crippen molar-refractivity contribution in [2.45, 2.75) is 24.9 Å². The molecule has 0 bridgehead atoms. The summed E-state index contributed by atoms with van der Waals surface area (Å²) in [5.41, 5.74) is 1.77. The average molecular weight is 354 g/mol. The van der Waals surface area contributed by atoms with E-state index in [0.29, 0.717) is 19.8 Å². The molecule has 136 valence electrons. The molecule has 1 saturated carbocycles. The van der Waals surface area contributed by atoms with Gasteiger partial charge in [-0.15, -0.1) is 0 Å². The molecule has 6 heteroatoms. The third kappa shape index (κ3) is 3.40. The van der Waals surface area contributed by atoms with Gasteiger partial charge in [-0.05, 0) is 48.2 Å². The summed E-state index contributed by atoms with van der Waals surface area (Å²) in [5.74, 6) is 2.31. The van der Waals surface area contributed by atoms with E-state index in [1.165, 1.54) is 0 Å². The van der Waals surface area contributed by atoms with Gasteiger partial charge in [0.15, 0.2) is 11.5 Å². The van der Waals surface area contributed by atoms with Crippen LogP contribution in [0.25, 0.3) is 0 Å². The van der Waals surface area contributed by atoms with E-state index in [9.17, 15) is 4.79 Å².